The molecular formula is C16H18ClN3. The summed E-state index contributed by atoms with van der Waals surface area (Å²) >= 11 is 6.10. The number of rotatable bonds is 2. The van der Waals surface area contributed by atoms with Crippen LogP contribution in [0.5, 0.6) is 0 Å². The largest absolute Gasteiger partial charge is 0.396 e. The normalized spacial score (nSPS) is 15.4. The highest BCUT2D eigenvalue weighted by Crippen LogP contribution is 2.31. The Balaban J connectivity index is 1.71. The average Bonchev–Trinajstić information content (AvgIpc) is 2.51. The summed E-state index contributed by atoms with van der Waals surface area (Å²) in [5.74, 6) is 0. The lowest BCUT2D eigenvalue weighted by Crippen LogP contribution is -2.46. The molecule has 3 rings (SSSR count). The van der Waals surface area contributed by atoms with Gasteiger partial charge in [-0.2, -0.15) is 0 Å². The minimum atomic E-state index is 0.632. The van der Waals surface area contributed by atoms with Crippen molar-refractivity contribution in [1.29, 1.82) is 0 Å². The van der Waals surface area contributed by atoms with Crippen molar-refractivity contribution in [1.82, 2.24) is 0 Å². The molecule has 0 atom stereocenters. The van der Waals surface area contributed by atoms with E-state index in [-0.39, 0.29) is 0 Å². The number of piperazine rings is 1. The minimum Gasteiger partial charge on any atom is -0.396 e. The second-order valence-electron chi connectivity index (χ2n) is 4.98. The molecule has 1 aliphatic rings. The van der Waals surface area contributed by atoms with E-state index in [1.165, 1.54) is 5.69 Å². The summed E-state index contributed by atoms with van der Waals surface area (Å²) in [5, 5.41) is 0.632. The van der Waals surface area contributed by atoms with E-state index in [0.29, 0.717) is 10.7 Å². The van der Waals surface area contributed by atoms with Crippen LogP contribution in [0, 0.1) is 0 Å². The smallest absolute Gasteiger partial charge is 0.0741 e. The van der Waals surface area contributed by atoms with Crippen molar-refractivity contribution in [3.8, 4) is 0 Å². The molecule has 0 aliphatic carbocycles. The Morgan fingerprint density at radius 3 is 2.15 bits per heavy atom. The molecule has 3 nitrogen and oxygen atoms in total. The fraction of sp³-hybridized carbons (Fsp3) is 0.250. The molecule has 0 spiro atoms. The molecule has 0 aromatic heterocycles. The van der Waals surface area contributed by atoms with Crippen LogP contribution in [-0.2, 0) is 0 Å². The van der Waals surface area contributed by atoms with Crippen LogP contribution in [0.1, 0.15) is 0 Å². The van der Waals surface area contributed by atoms with E-state index >= 15 is 0 Å². The van der Waals surface area contributed by atoms with Gasteiger partial charge in [-0.05, 0) is 24.3 Å². The van der Waals surface area contributed by atoms with Crippen molar-refractivity contribution in [3.05, 3.63) is 53.6 Å². The zero-order valence-corrected chi connectivity index (χ0v) is 12.1. The molecule has 0 amide bonds. The average molecular weight is 288 g/mol. The summed E-state index contributed by atoms with van der Waals surface area (Å²) in [4.78, 5) is 4.71. The molecule has 104 valence electrons. The summed E-state index contributed by atoms with van der Waals surface area (Å²) < 4.78 is 0. The number of hydrogen-bond acceptors (Lipinski definition) is 3. The molecule has 20 heavy (non-hydrogen) atoms. The maximum Gasteiger partial charge on any atom is 0.0741 e. The first kappa shape index (κ1) is 13.1. The van der Waals surface area contributed by atoms with E-state index in [1.54, 1.807) is 0 Å². The van der Waals surface area contributed by atoms with Gasteiger partial charge in [0.25, 0.3) is 0 Å². The van der Waals surface area contributed by atoms with E-state index in [0.717, 1.165) is 31.9 Å². The molecule has 2 aromatic carbocycles. The number of para-hydroxylation sites is 2. The van der Waals surface area contributed by atoms with E-state index in [2.05, 4.69) is 34.1 Å². The molecule has 4 heteroatoms. The van der Waals surface area contributed by atoms with Crippen molar-refractivity contribution in [2.45, 2.75) is 0 Å². The highest BCUT2D eigenvalue weighted by Gasteiger charge is 2.19. The molecule has 1 fully saturated rings. The zero-order chi connectivity index (χ0) is 13.9. The second kappa shape index (κ2) is 5.63. The molecular weight excluding hydrogens is 270 g/mol. The van der Waals surface area contributed by atoms with Crippen molar-refractivity contribution in [2.24, 2.45) is 0 Å². The maximum absolute atomic E-state index is 6.10. The Bertz CT molecular complexity index is 578. The number of benzene rings is 2. The monoisotopic (exact) mass is 287 g/mol. The molecule has 0 bridgehead atoms. The summed E-state index contributed by atoms with van der Waals surface area (Å²) in [7, 11) is 0. The van der Waals surface area contributed by atoms with Gasteiger partial charge in [0.15, 0.2) is 0 Å². The quantitative estimate of drug-likeness (QED) is 0.861. The van der Waals surface area contributed by atoms with Crippen molar-refractivity contribution in [2.75, 3.05) is 41.7 Å². The highest BCUT2D eigenvalue weighted by atomic mass is 35.5. The van der Waals surface area contributed by atoms with E-state index < -0.39 is 0 Å². The number of nitrogens with two attached hydrogens (primary N) is 1. The SMILES string of the molecule is Nc1c(Cl)cccc1N1CCN(c2ccccc2)CC1. The first-order valence-corrected chi connectivity index (χ1v) is 7.22. The third-order valence-corrected chi connectivity index (χ3v) is 4.10. The summed E-state index contributed by atoms with van der Waals surface area (Å²) in [6.45, 7) is 3.91. The Hall–Kier alpha value is -1.87. The zero-order valence-electron chi connectivity index (χ0n) is 11.3. The summed E-state index contributed by atoms with van der Waals surface area (Å²) in [5.41, 5.74) is 9.08. The van der Waals surface area contributed by atoms with Gasteiger partial charge in [0, 0.05) is 31.9 Å². The Morgan fingerprint density at radius 2 is 1.45 bits per heavy atom. The molecule has 0 radical (unpaired) electrons. The Morgan fingerprint density at radius 1 is 0.800 bits per heavy atom. The minimum absolute atomic E-state index is 0.632. The highest BCUT2D eigenvalue weighted by molar-refractivity contribution is 6.33. The fourth-order valence-corrected chi connectivity index (χ4v) is 2.82. The van der Waals surface area contributed by atoms with Gasteiger partial charge < -0.3 is 15.5 Å². The van der Waals surface area contributed by atoms with Crippen molar-refractivity contribution in [3.63, 3.8) is 0 Å². The van der Waals surface area contributed by atoms with Gasteiger partial charge in [0.1, 0.15) is 0 Å². The molecule has 0 saturated carbocycles. The number of halogens is 1. The third-order valence-electron chi connectivity index (χ3n) is 3.77. The lowest BCUT2D eigenvalue weighted by atomic mass is 10.2. The number of nitrogen functional groups attached to an aromatic ring is 1. The molecule has 2 aromatic rings. The fourth-order valence-electron chi connectivity index (χ4n) is 2.65. The topological polar surface area (TPSA) is 32.5 Å². The van der Waals surface area contributed by atoms with Crippen molar-refractivity contribution < 1.29 is 0 Å². The van der Waals surface area contributed by atoms with Gasteiger partial charge in [-0.3, -0.25) is 0 Å². The van der Waals surface area contributed by atoms with Crippen LogP contribution in [0.25, 0.3) is 0 Å². The van der Waals surface area contributed by atoms with Crippen LogP contribution < -0.4 is 15.5 Å². The van der Waals surface area contributed by atoms with Crippen LogP contribution in [0.3, 0.4) is 0 Å². The molecule has 1 aliphatic heterocycles. The molecule has 0 unspecified atom stereocenters. The van der Waals surface area contributed by atoms with Gasteiger partial charge in [-0.25, -0.2) is 0 Å². The van der Waals surface area contributed by atoms with Gasteiger partial charge in [0.05, 0.1) is 16.4 Å². The van der Waals surface area contributed by atoms with E-state index in [4.69, 9.17) is 17.3 Å². The Labute approximate surface area is 124 Å². The summed E-state index contributed by atoms with van der Waals surface area (Å²) in [6.07, 6.45) is 0. The van der Waals surface area contributed by atoms with Crippen LogP contribution in [0.15, 0.2) is 48.5 Å². The lowest BCUT2D eigenvalue weighted by Gasteiger charge is -2.37. The van der Waals surface area contributed by atoms with Crippen LogP contribution in [-0.4, -0.2) is 26.2 Å². The molecule has 1 heterocycles. The molecule has 2 N–H and O–H groups in total. The van der Waals surface area contributed by atoms with E-state index in [1.807, 2.05) is 24.3 Å². The van der Waals surface area contributed by atoms with E-state index in [9.17, 15) is 0 Å². The first-order chi connectivity index (χ1) is 9.75. The van der Waals surface area contributed by atoms with Gasteiger partial charge in [-0.1, -0.05) is 35.9 Å². The van der Waals surface area contributed by atoms with Crippen LogP contribution >= 0.6 is 11.6 Å². The maximum atomic E-state index is 6.10. The third kappa shape index (κ3) is 2.54. The predicted octanol–water partition coefficient (Wildman–Crippen LogP) is 3.25. The predicted molar refractivity (Wildman–Crippen MR) is 86.7 cm³/mol. The van der Waals surface area contributed by atoms with Crippen LogP contribution in [0.4, 0.5) is 17.1 Å². The van der Waals surface area contributed by atoms with Crippen molar-refractivity contribution >= 4 is 28.7 Å². The number of hydrogen-bond donors (Lipinski definition) is 1. The van der Waals surface area contributed by atoms with Gasteiger partial charge in [-0.15, -0.1) is 0 Å². The van der Waals surface area contributed by atoms with Gasteiger partial charge >= 0.3 is 0 Å². The standard InChI is InChI=1S/C16H18ClN3/c17-14-7-4-8-15(16(14)18)20-11-9-19(10-12-20)13-5-2-1-3-6-13/h1-8H,9-12,18H2. The summed E-state index contributed by atoms with van der Waals surface area (Å²) in [6, 6.07) is 16.4. The van der Waals surface area contributed by atoms with Crippen LogP contribution in [0.2, 0.25) is 5.02 Å². The lowest BCUT2D eigenvalue weighted by molar-refractivity contribution is 0.654. The number of nitrogens with zero attached hydrogens (tertiary/aromatic N) is 2. The first-order valence-electron chi connectivity index (χ1n) is 6.84. The second-order valence-corrected chi connectivity index (χ2v) is 5.39. The molecule has 1 saturated heterocycles. The Kier molecular flexibility index (Phi) is 3.70. The number of anilines is 3. The van der Waals surface area contributed by atoms with Gasteiger partial charge in [0.2, 0.25) is 0 Å².